The minimum absolute atomic E-state index is 0.00152. The fraction of sp³-hybridized carbons (Fsp3) is 0.300. The van der Waals surface area contributed by atoms with Crippen molar-refractivity contribution in [3.8, 4) is 0 Å². The van der Waals surface area contributed by atoms with E-state index in [9.17, 15) is 22.4 Å². The molecule has 154 valence electrons. The molecule has 2 aromatic carbocycles. The average Bonchev–Trinajstić information content (AvgIpc) is 2.74. The average molecular weight is 420 g/mol. The summed E-state index contributed by atoms with van der Waals surface area (Å²) in [5, 5.41) is 2.75. The van der Waals surface area contributed by atoms with E-state index in [1.807, 2.05) is 0 Å². The van der Waals surface area contributed by atoms with Crippen LogP contribution in [0, 0.1) is 11.7 Å². The number of nitrogens with zero attached hydrogens (tertiary/aromatic N) is 1. The third-order valence-corrected chi connectivity index (χ3v) is 6.66. The predicted octanol–water partition coefficient (Wildman–Crippen LogP) is 2.65. The highest BCUT2D eigenvalue weighted by Gasteiger charge is 2.33. The summed E-state index contributed by atoms with van der Waals surface area (Å²) in [7, 11) is -2.52. The van der Waals surface area contributed by atoms with E-state index in [2.05, 4.69) is 10.1 Å². The number of hydrogen-bond acceptors (Lipinski definition) is 5. The Morgan fingerprint density at radius 3 is 2.38 bits per heavy atom. The van der Waals surface area contributed by atoms with Gasteiger partial charge >= 0.3 is 5.97 Å². The summed E-state index contributed by atoms with van der Waals surface area (Å²) in [6.07, 6.45) is 1.10. The van der Waals surface area contributed by atoms with Crippen LogP contribution in [0.4, 0.5) is 10.1 Å². The van der Waals surface area contributed by atoms with Crippen LogP contribution in [0.25, 0.3) is 0 Å². The summed E-state index contributed by atoms with van der Waals surface area (Å²) >= 11 is 0. The standard InChI is InChI=1S/C20H21FN2O5S/c1-28-20(25)14-4-8-17(9-5-14)22-19(24)15-3-2-12-23(13-15)29(26,27)18-10-6-16(21)7-11-18/h4-11,15H,2-3,12-13H2,1H3,(H,22,24). The molecule has 7 nitrogen and oxygen atoms in total. The van der Waals surface area contributed by atoms with Crippen molar-refractivity contribution in [1.29, 1.82) is 0 Å². The van der Waals surface area contributed by atoms with Gasteiger partial charge in [-0.2, -0.15) is 4.31 Å². The summed E-state index contributed by atoms with van der Waals surface area (Å²) in [6, 6.07) is 10.9. The molecular weight excluding hydrogens is 399 g/mol. The van der Waals surface area contributed by atoms with E-state index in [-0.39, 0.29) is 17.3 Å². The highest BCUT2D eigenvalue weighted by Crippen LogP contribution is 2.25. The van der Waals surface area contributed by atoms with E-state index in [1.165, 1.54) is 35.7 Å². The van der Waals surface area contributed by atoms with Gasteiger partial charge in [-0.1, -0.05) is 0 Å². The van der Waals surface area contributed by atoms with Gasteiger partial charge in [0.05, 0.1) is 23.5 Å². The Hall–Kier alpha value is -2.78. The smallest absolute Gasteiger partial charge is 0.337 e. The first-order valence-electron chi connectivity index (χ1n) is 9.06. The van der Waals surface area contributed by atoms with Crippen LogP contribution in [0.2, 0.25) is 0 Å². The molecular formula is C20H21FN2O5S. The number of anilines is 1. The predicted molar refractivity (Wildman–Crippen MR) is 104 cm³/mol. The Labute approximate surface area is 168 Å². The van der Waals surface area contributed by atoms with Crippen LogP contribution in [-0.4, -0.2) is 44.8 Å². The number of ether oxygens (including phenoxy) is 1. The van der Waals surface area contributed by atoms with E-state index in [0.717, 1.165) is 12.1 Å². The first kappa shape index (κ1) is 20.9. The molecule has 1 aliphatic rings. The van der Waals surface area contributed by atoms with Crippen molar-refractivity contribution in [2.24, 2.45) is 5.92 Å². The third kappa shape index (κ3) is 4.80. The zero-order chi connectivity index (χ0) is 21.0. The molecule has 2 aromatic rings. The molecule has 0 saturated carbocycles. The van der Waals surface area contributed by atoms with Gasteiger partial charge in [-0.3, -0.25) is 4.79 Å². The lowest BCUT2D eigenvalue weighted by atomic mass is 9.98. The number of sulfonamides is 1. The van der Waals surface area contributed by atoms with Gasteiger partial charge in [0.25, 0.3) is 0 Å². The quantitative estimate of drug-likeness (QED) is 0.751. The number of carbonyl (C=O) groups is 2. The molecule has 1 aliphatic heterocycles. The van der Waals surface area contributed by atoms with Gasteiger partial charge in [0, 0.05) is 18.8 Å². The number of halogens is 1. The molecule has 0 radical (unpaired) electrons. The lowest BCUT2D eigenvalue weighted by Gasteiger charge is -2.31. The van der Waals surface area contributed by atoms with Crippen molar-refractivity contribution < 1.29 is 27.1 Å². The van der Waals surface area contributed by atoms with Crippen LogP contribution in [0.15, 0.2) is 53.4 Å². The second-order valence-electron chi connectivity index (χ2n) is 6.71. The highest BCUT2D eigenvalue weighted by molar-refractivity contribution is 7.89. The molecule has 9 heteroatoms. The molecule has 1 fully saturated rings. The van der Waals surface area contributed by atoms with E-state index < -0.39 is 27.7 Å². The lowest BCUT2D eigenvalue weighted by Crippen LogP contribution is -2.43. The van der Waals surface area contributed by atoms with Crippen molar-refractivity contribution in [1.82, 2.24) is 4.31 Å². The molecule has 29 heavy (non-hydrogen) atoms. The van der Waals surface area contributed by atoms with Crippen LogP contribution >= 0.6 is 0 Å². The maximum atomic E-state index is 13.1. The number of hydrogen-bond donors (Lipinski definition) is 1. The SMILES string of the molecule is COC(=O)c1ccc(NC(=O)C2CCCN(S(=O)(=O)c3ccc(F)cc3)C2)cc1. The first-order valence-corrected chi connectivity index (χ1v) is 10.5. The molecule has 1 atom stereocenters. The van der Waals surface area contributed by atoms with Gasteiger partial charge in [0.2, 0.25) is 15.9 Å². The summed E-state index contributed by atoms with van der Waals surface area (Å²) in [5.41, 5.74) is 0.862. The number of nitrogens with one attached hydrogen (secondary N) is 1. The second kappa shape index (κ2) is 8.71. The number of methoxy groups -OCH3 is 1. The van der Waals surface area contributed by atoms with Gasteiger partial charge in [0.1, 0.15) is 5.82 Å². The van der Waals surface area contributed by atoms with Gasteiger partial charge in [-0.05, 0) is 61.4 Å². The Bertz CT molecular complexity index is 991. The highest BCUT2D eigenvalue weighted by atomic mass is 32.2. The molecule has 0 aromatic heterocycles. The zero-order valence-electron chi connectivity index (χ0n) is 15.8. The Balaban J connectivity index is 1.67. The van der Waals surface area contributed by atoms with Gasteiger partial charge in [-0.15, -0.1) is 0 Å². The van der Waals surface area contributed by atoms with Crippen molar-refractivity contribution in [3.63, 3.8) is 0 Å². The maximum Gasteiger partial charge on any atom is 0.337 e. The van der Waals surface area contributed by atoms with Gasteiger partial charge < -0.3 is 10.1 Å². The Morgan fingerprint density at radius 2 is 1.76 bits per heavy atom. The number of carbonyl (C=O) groups excluding carboxylic acids is 2. The number of rotatable bonds is 5. The van der Waals surface area contributed by atoms with Crippen LogP contribution in [0.3, 0.4) is 0 Å². The molecule has 0 spiro atoms. The van der Waals surface area contributed by atoms with Crippen LogP contribution in [0.5, 0.6) is 0 Å². The van der Waals surface area contributed by atoms with Gasteiger partial charge in [-0.25, -0.2) is 17.6 Å². The largest absolute Gasteiger partial charge is 0.465 e. The lowest BCUT2D eigenvalue weighted by molar-refractivity contribution is -0.120. The molecule has 1 N–H and O–H groups in total. The molecule has 0 bridgehead atoms. The zero-order valence-corrected chi connectivity index (χ0v) is 16.6. The maximum absolute atomic E-state index is 13.1. The van der Waals surface area contributed by atoms with E-state index in [0.29, 0.717) is 30.6 Å². The fourth-order valence-electron chi connectivity index (χ4n) is 3.18. The van der Waals surface area contributed by atoms with Crippen molar-refractivity contribution >= 4 is 27.6 Å². The second-order valence-corrected chi connectivity index (χ2v) is 8.65. The minimum Gasteiger partial charge on any atom is -0.465 e. The van der Waals surface area contributed by atoms with Crippen molar-refractivity contribution in [3.05, 3.63) is 59.9 Å². The topological polar surface area (TPSA) is 92.8 Å². The third-order valence-electron chi connectivity index (χ3n) is 4.78. The van der Waals surface area contributed by atoms with E-state index in [4.69, 9.17) is 0 Å². The molecule has 1 unspecified atom stereocenters. The normalized spacial score (nSPS) is 17.5. The van der Waals surface area contributed by atoms with E-state index in [1.54, 1.807) is 12.1 Å². The van der Waals surface area contributed by atoms with Crippen molar-refractivity contribution in [2.75, 3.05) is 25.5 Å². The summed E-state index contributed by atoms with van der Waals surface area (Å²) in [6.45, 7) is 0.350. The minimum atomic E-state index is -3.80. The number of piperidine rings is 1. The monoisotopic (exact) mass is 420 g/mol. The van der Waals surface area contributed by atoms with Crippen molar-refractivity contribution in [2.45, 2.75) is 17.7 Å². The Morgan fingerprint density at radius 1 is 1.10 bits per heavy atom. The van der Waals surface area contributed by atoms with Crippen LogP contribution < -0.4 is 5.32 Å². The molecule has 0 aliphatic carbocycles. The first-order chi connectivity index (χ1) is 13.8. The van der Waals surface area contributed by atoms with Crippen LogP contribution in [-0.2, 0) is 19.6 Å². The molecule has 1 saturated heterocycles. The number of amides is 1. The number of benzene rings is 2. The summed E-state index contributed by atoms with van der Waals surface area (Å²) in [5.74, 6) is -1.80. The molecule has 1 heterocycles. The molecule has 1 amide bonds. The molecule has 3 rings (SSSR count). The van der Waals surface area contributed by atoms with E-state index >= 15 is 0 Å². The van der Waals surface area contributed by atoms with Crippen LogP contribution in [0.1, 0.15) is 23.2 Å². The summed E-state index contributed by atoms with van der Waals surface area (Å²) in [4.78, 5) is 24.1. The van der Waals surface area contributed by atoms with Gasteiger partial charge in [0.15, 0.2) is 0 Å². The summed E-state index contributed by atoms with van der Waals surface area (Å²) < 4.78 is 44.5. The Kier molecular flexibility index (Phi) is 6.29. The fourth-order valence-corrected chi connectivity index (χ4v) is 4.71. The number of esters is 1.